The van der Waals surface area contributed by atoms with Crippen LogP contribution < -0.4 is 5.32 Å². The average Bonchev–Trinajstić information content (AvgIpc) is 2.96. The van der Waals surface area contributed by atoms with Crippen LogP contribution in [0.1, 0.15) is 40.3 Å². The van der Waals surface area contributed by atoms with Gasteiger partial charge in [0.25, 0.3) is 11.8 Å². The van der Waals surface area contributed by atoms with Crippen molar-refractivity contribution in [2.75, 3.05) is 18.4 Å². The zero-order valence-electron chi connectivity index (χ0n) is 13.4. The molecule has 0 saturated carbocycles. The number of nitrogens with one attached hydrogen (secondary N) is 1. The Hall–Kier alpha value is -2.27. The van der Waals surface area contributed by atoms with Crippen molar-refractivity contribution < 1.29 is 14.0 Å². The van der Waals surface area contributed by atoms with E-state index in [0.29, 0.717) is 29.4 Å². The van der Waals surface area contributed by atoms with E-state index in [9.17, 15) is 9.59 Å². The van der Waals surface area contributed by atoms with E-state index in [2.05, 4.69) is 5.32 Å². The Morgan fingerprint density at radius 1 is 1.22 bits per heavy atom. The monoisotopic (exact) mass is 334 g/mol. The summed E-state index contributed by atoms with van der Waals surface area (Å²) in [5.74, 6) is -0.278. The molecule has 1 aromatic heterocycles. The minimum Gasteiger partial charge on any atom is -0.459 e. The first-order valence-electron chi connectivity index (χ1n) is 7.42. The van der Waals surface area contributed by atoms with E-state index in [-0.39, 0.29) is 11.7 Å². The summed E-state index contributed by atoms with van der Waals surface area (Å²) in [6.07, 6.45) is 1.45. The number of anilines is 1. The molecule has 0 radical (unpaired) electrons. The predicted molar refractivity (Wildman–Crippen MR) is 90.1 cm³/mol. The van der Waals surface area contributed by atoms with Gasteiger partial charge >= 0.3 is 0 Å². The van der Waals surface area contributed by atoms with Crippen LogP contribution in [-0.2, 0) is 0 Å². The van der Waals surface area contributed by atoms with Gasteiger partial charge in [-0.15, -0.1) is 0 Å². The molecule has 0 aliphatic rings. The van der Waals surface area contributed by atoms with Crippen LogP contribution in [0.15, 0.2) is 34.9 Å². The van der Waals surface area contributed by atoms with Gasteiger partial charge in [0.2, 0.25) is 0 Å². The van der Waals surface area contributed by atoms with Gasteiger partial charge in [0, 0.05) is 24.2 Å². The summed E-state index contributed by atoms with van der Waals surface area (Å²) in [5.41, 5.74) is 1.59. The fraction of sp³-hybridized carbons (Fsp3) is 0.294. The molecule has 5 nitrogen and oxygen atoms in total. The van der Waals surface area contributed by atoms with Crippen LogP contribution in [0.3, 0.4) is 0 Å². The summed E-state index contributed by atoms with van der Waals surface area (Å²) in [7, 11) is 0. The van der Waals surface area contributed by atoms with Crippen molar-refractivity contribution in [2.24, 2.45) is 0 Å². The summed E-state index contributed by atoms with van der Waals surface area (Å²) < 4.78 is 5.16. The third kappa shape index (κ3) is 3.74. The molecule has 0 spiro atoms. The number of rotatable bonds is 5. The van der Waals surface area contributed by atoms with Crippen LogP contribution >= 0.6 is 11.6 Å². The average molecular weight is 335 g/mol. The van der Waals surface area contributed by atoms with E-state index in [1.54, 1.807) is 36.1 Å². The molecule has 122 valence electrons. The molecule has 2 aromatic rings. The maximum atomic E-state index is 12.4. The minimum atomic E-state index is -0.401. The smallest absolute Gasteiger partial charge is 0.291 e. The number of carbonyl (C=O) groups excluding carboxylic acids is 2. The van der Waals surface area contributed by atoms with Gasteiger partial charge in [0.1, 0.15) is 0 Å². The van der Waals surface area contributed by atoms with E-state index in [1.165, 1.54) is 6.26 Å². The Labute approximate surface area is 140 Å². The predicted octanol–water partition coefficient (Wildman–Crippen LogP) is 3.98. The SMILES string of the molecule is CCN(CC)C(=O)c1ccc(Cl)c(NC(=O)c2occc2C)c1. The number of hydrogen-bond acceptors (Lipinski definition) is 3. The highest BCUT2D eigenvalue weighted by Gasteiger charge is 2.17. The second-order valence-corrected chi connectivity index (χ2v) is 5.47. The van der Waals surface area contributed by atoms with Crippen molar-refractivity contribution in [2.45, 2.75) is 20.8 Å². The first-order chi connectivity index (χ1) is 11.0. The Bertz CT molecular complexity index is 720. The number of carbonyl (C=O) groups is 2. The van der Waals surface area contributed by atoms with E-state index in [0.717, 1.165) is 5.56 Å². The molecule has 2 rings (SSSR count). The third-order valence-corrected chi connectivity index (χ3v) is 3.91. The van der Waals surface area contributed by atoms with Crippen LogP contribution in [0.2, 0.25) is 5.02 Å². The standard InChI is InChI=1S/C17H19ClN2O3/c1-4-20(5-2)17(22)12-6-7-13(18)14(10-12)19-16(21)15-11(3)8-9-23-15/h6-10H,4-5H2,1-3H3,(H,19,21). The van der Waals surface area contributed by atoms with Crippen LogP contribution in [0.5, 0.6) is 0 Å². The molecule has 0 aliphatic carbocycles. The molecule has 0 aliphatic heterocycles. The van der Waals surface area contributed by atoms with Crippen molar-refractivity contribution >= 4 is 29.1 Å². The lowest BCUT2D eigenvalue weighted by molar-refractivity contribution is 0.0772. The second-order valence-electron chi connectivity index (χ2n) is 5.06. The molecule has 1 N–H and O–H groups in total. The summed E-state index contributed by atoms with van der Waals surface area (Å²) in [6, 6.07) is 6.54. The lowest BCUT2D eigenvalue weighted by atomic mass is 10.1. The topological polar surface area (TPSA) is 62.6 Å². The zero-order chi connectivity index (χ0) is 17.0. The first-order valence-corrected chi connectivity index (χ1v) is 7.80. The fourth-order valence-electron chi connectivity index (χ4n) is 2.23. The maximum absolute atomic E-state index is 12.4. The quantitative estimate of drug-likeness (QED) is 0.899. The highest BCUT2D eigenvalue weighted by molar-refractivity contribution is 6.34. The van der Waals surface area contributed by atoms with Gasteiger partial charge in [-0.1, -0.05) is 11.6 Å². The molecule has 0 fully saturated rings. The van der Waals surface area contributed by atoms with Crippen molar-refractivity contribution in [3.05, 3.63) is 52.4 Å². The van der Waals surface area contributed by atoms with E-state index < -0.39 is 5.91 Å². The molecule has 0 bridgehead atoms. The Kier molecular flexibility index (Phi) is 5.45. The van der Waals surface area contributed by atoms with Crippen LogP contribution in [0.25, 0.3) is 0 Å². The van der Waals surface area contributed by atoms with Gasteiger partial charge in [0.15, 0.2) is 5.76 Å². The summed E-state index contributed by atoms with van der Waals surface area (Å²) in [4.78, 5) is 26.3. The van der Waals surface area contributed by atoms with Crippen LogP contribution in [0.4, 0.5) is 5.69 Å². The largest absolute Gasteiger partial charge is 0.459 e. The van der Waals surface area contributed by atoms with Gasteiger partial charge in [-0.2, -0.15) is 0 Å². The van der Waals surface area contributed by atoms with Gasteiger partial charge in [-0.25, -0.2) is 0 Å². The normalized spacial score (nSPS) is 10.4. The van der Waals surface area contributed by atoms with Crippen molar-refractivity contribution in [1.29, 1.82) is 0 Å². The number of furan rings is 1. The summed E-state index contributed by atoms with van der Waals surface area (Å²) >= 11 is 6.12. The molecular formula is C17H19ClN2O3. The maximum Gasteiger partial charge on any atom is 0.291 e. The van der Waals surface area contributed by atoms with Crippen molar-refractivity contribution in [3.8, 4) is 0 Å². The Morgan fingerprint density at radius 2 is 1.91 bits per heavy atom. The van der Waals surface area contributed by atoms with Crippen molar-refractivity contribution in [1.82, 2.24) is 4.90 Å². The van der Waals surface area contributed by atoms with Gasteiger partial charge < -0.3 is 14.6 Å². The third-order valence-electron chi connectivity index (χ3n) is 3.58. The van der Waals surface area contributed by atoms with Gasteiger partial charge in [0.05, 0.1) is 17.0 Å². The second kappa shape index (κ2) is 7.33. The van der Waals surface area contributed by atoms with Gasteiger partial charge in [-0.3, -0.25) is 9.59 Å². The zero-order valence-corrected chi connectivity index (χ0v) is 14.1. The van der Waals surface area contributed by atoms with E-state index >= 15 is 0 Å². The van der Waals surface area contributed by atoms with Crippen LogP contribution in [0, 0.1) is 6.92 Å². The molecule has 0 saturated heterocycles. The first kappa shape index (κ1) is 17.1. The molecule has 1 heterocycles. The molecule has 0 unspecified atom stereocenters. The molecular weight excluding hydrogens is 316 g/mol. The molecule has 1 aromatic carbocycles. The highest BCUT2D eigenvalue weighted by Crippen LogP contribution is 2.25. The Morgan fingerprint density at radius 3 is 2.48 bits per heavy atom. The van der Waals surface area contributed by atoms with E-state index in [4.69, 9.17) is 16.0 Å². The molecule has 2 amide bonds. The Balaban J connectivity index is 2.26. The van der Waals surface area contributed by atoms with Crippen LogP contribution in [-0.4, -0.2) is 29.8 Å². The number of nitrogens with zero attached hydrogens (tertiary/aromatic N) is 1. The number of halogens is 1. The summed E-state index contributed by atoms with van der Waals surface area (Å²) in [6.45, 7) is 6.84. The number of benzene rings is 1. The van der Waals surface area contributed by atoms with Crippen molar-refractivity contribution in [3.63, 3.8) is 0 Å². The van der Waals surface area contributed by atoms with E-state index in [1.807, 2.05) is 13.8 Å². The number of hydrogen-bond donors (Lipinski definition) is 1. The lowest BCUT2D eigenvalue weighted by Crippen LogP contribution is -2.30. The lowest BCUT2D eigenvalue weighted by Gasteiger charge is -2.19. The number of aryl methyl sites for hydroxylation is 1. The fourth-order valence-corrected chi connectivity index (χ4v) is 2.40. The minimum absolute atomic E-state index is 0.101. The summed E-state index contributed by atoms with van der Waals surface area (Å²) in [5, 5.41) is 3.05. The molecule has 6 heteroatoms. The highest BCUT2D eigenvalue weighted by atomic mass is 35.5. The molecule has 0 atom stereocenters. The number of amides is 2. The van der Waals surface area contributed by atoms with Gasteiger partial charge in [-0.05, 0) is 45.0 Å². The molecule has 23 heavy (non-hydrogen) atoms.